The lowest BCUT2D eigenvalue weighted by Crippen LogP contribution is -2.51. The van der Waals surface area contributed by atoms with Gasteiger partial charge in [0.05, 0.1) is 22.0 Å². The first-order valence-electron chi connectivity index (χ1n) is 13.5. The van der Waals surface area contributed by atoms with Crippen LogP contribution in [0, 0.1) is 5.92 Å². The van der Waals surface area contributed by atoms with Gasteiger partial charge in [0, 0.05) is 32.5 Å². The van der Waals surface area contributed by atoms with Gasteiger partial charge < -0.3 is 10.2 Å². The molecular weight excluding hydrogens is 581 g/mol. The van der Waals surface area contributed by atoms with Gasteiger partial charge in [0.1, 0.15) is 6.04 Å². The second kappa shape index (κ2) is 15.2. The van der Waals surface area contributed by atoms with E-state index in [1.165, 1.54) is 4.31 Å². The second-order valence-corrected chi connectivity index (χ2v) is 13.1. The predicted molar refractivity (Wildman–Crippen MR) is 167 cm³/mol. The summed E-state index contributed by atoms with van der Waals surface area (Å²) in [5.74, 6) is -0.285. The van der Waals surface area contributed by atoms with E-state index in [4.69, 9.17) is 23.2 Å². The van der Waals surface area contributed by atoms with Crippen LogP contribution in [0.2, 0.25) is 10.0 Å². The summed E-state index contributed by atoms with van der Waals surface area (Å²) in [6.45, 7) is 4.74. The van der Waals surface area contributed by atoms with Crippen molar-refractivity contribution in [1.29, 1.82) is 0 Å². The molecule has 41 heavy (non-hydrogen) atoms. The molecular formula is C31H37Cl2N3O4S. The SMILES string of the molecule is CC(C)CNC(=O)[C@@H](Cc1ccccc1)N(Cc1ccc(Cl)c(Cl)c1)C(=O)CCCN(c1ccccc1)S(C)(=O)=O. The Kier molecular flexibility index (Phi) is 12.1. The Morgan fingerprint density at radius 2 is 1.51 bits per heavy atom. The highest BCUT2D eigenvalue weighted by molar-refractivity contribution is 7.92. The zero-order valence-corrected chi connectivity index (χ0v) is 25.9. The molecule has 3 rings (SSSR count). The summed E-state index contributed by atoms with van der Waals surface area (Å²) < 4.78 is 26.3. The average molecular weight is 619 g/mol. The molecule has 1 atom stereocenters. The molecule has 0 unspecified atom stereocenters. The van der Waals surface area contributed by atoms with Gasteiger partial charge in [-0.2, -0.15) is 0 Å². The van der Waals surface area contributed by atoms with Crippen LogP contribution in [-0.4, -0.2) is 50.5 Å². The van der Waals surface area contributed by atoms with Crippen molar-refractivity contribution in [3.63, 3.8) is 0 Å². The van der Waals surface area contributed by atoms with Crippen LogP contribution in [0.1, 0.15) is 37.8 Å². The third-order valence-electron chi connectivity index (χ3n) is 6.49. The van der Waals surface area contributed by atoms with Crippen LogP contribution in [0.4, 0.5) is 5.69 Å². The minimum Gasteiger partial charge on any atom is -0.354 e. The summed E-state index contributed by atoms with van der Waals surface area (Å²) in [5.41, 5.74) is 2.17. The van der Waals surface area contributed by atoms with Gasteiger partial charge in [0.15, 0.2) is 0 Å². The smallest absolute Gasteiger partial charge is 0.243 e. The number of rotatable bonds is 14. The van der Waals surface area contributed by atoms with Crippen LogP contribution in [0.5, 0.6) is 0 Å². The molecule has 220 valence electrons. The number of nitrogens with zero attached hydrogens (tertiary/aromatic N) is 2. The van der Waals surface area contributed by atoms with Gasteiger partial charge in [-0.25, -0.2) is 8.42 Å². The number of para-hydroxylation sites is 1. The maximum absolute atomic E-state index is 13.9. The Morgan fingerprint density at radius 3 is 2.10 bits per heavy atom. The lowest BCUT2D eigenvalue weighted by atomic mass is 10.0. The molecule has 0 heterocycles. The molecule has 0 aliphatic carbocycles. The minimum atomic E-state index is -3.56. The molecule has 0 aliphatic rings. The predicted octanol–water partition coefficient (Wildman–Crippen LogP) is 5.95. The first-order chi connectivity index (χ1) is 19.5. The van der Waals surface area contributed by atoms with Crippen molar-refractivity contribution in [2.75, 3.05) is 23.7 Å². The van der Waals surface area contributed by atoms with Gasteiger partial charge in [0.25, 0.3) is 0 Å². The zero-order chi connectivity index (χ0) is 30.0. The Hall–Kier alpha value is -3.07. The number of halogens is 2. The average Bonchev–Trinajstić information content (AvgIpc) is 2.93. The Morgan fingerprint density at radius 1 is 0.878 bits per heavy atom. The molecule has 3 aromatic carbocycles. The number of sulfonamides is 1. The van der Waals surface area contributed by atoms with Crippen LogP contribution >= 0.6 is 23.2 Å². The van der Waals surface area contributed by atoms with Gasteiger partial charge in [-0.15, -0.1) is 0 Å². The molecule has 3 aromatic rings. The Balaban J connectivity index is 1.89. The molecule has 0 saturated carbocycles. The molecule has 2 amide bonds. The van der Waals surface area contributed by atoms with E-state index in [1.54, 1.807) is 47.4 Å². The number of nitrogens with one attached hydrogen (secondary N) is 1. The van der Waals surface area contributed by atoms with Gasteiger partial charge in [-0.1, -0.05) is 91.6 Å². The topological polar surface area (TPSA) is 86.8 Å². The van der Waals surface area contributed by atoms with Gasteiger partial charge in [0.2, 0.25) is 21.8 Å². The quantitative estimate of drug-likeness (QED) is 0.242. The van der Waals surface area contributed by atoms with E-state index >= 15 is 0 Å². The largest absolute Gasteiger partial charge is 0.354 e. The van der Waals surface area contributed by atoms with Crippen LogP contribution in [0.25, 0.3) is 0 Å². The van der Waals surface area contributed by atoms with Crippen molar-refractivity contribution in [3.05, 3.63) is 100 Å². The minimum absolute atomic E-state index is 0.0446. The van der Waals surface area contributed by atoms with Crippen LogP contribution in [-0.2, 0) is 32.6 Å². The molecule has 0 fully saturated rings. The molecule has 7 nitrogen and oxygen atoms in total. The van der Waals surface area contributed by atoms with Crippen molar-refractivity contribution < 1.29 is 18.0 Å². The third kappa shape index (κ3) is 10.1. The van der Waals surface area contributed by atoms with Crippen molar-refractivity contribution in [1.82, 2.24) is 10.2 Å². The number of carbonyl (C=O) groups is 2. The van der Waals surface area contributed by atoms with Crippen LogP contribution < -0.4 is 9.62 Å². The molecule has 0 aliphatic heterocycles. The molecule has 0 radical (unpaired) electrons. The van der Waals surface area contributed by atoms with Crippen molar-refractivity contribution >= 4 is 50.7 Å². The zero-order valence-electron chi connectivity index (χ0n) is 23.6. The second-order valence-electron chi connectivity index (χ2n) is 10.4. The number of anilines is 1. The highest BCUT2D eigenvalue weighted by Gasteiger charge is 2.30. The van der Waals surface area contributed by atoms with E-state index in [1.807, 2.05) is 50.2 Å². The van der Waals surface area contributed by atoms with Crippen molar-refractivity contribution in [3.8, 4) is 0 Å². The third-order valence-corrected chi connectivity index (χ3v) is 8.42. The Bertz CT molecular complexity index is 1400. The number of benzene rings is 3. The van der Waals surface area contributed by atoms with E-state index in [2.05, 4.69) is 5.32 Å². The summed E-state index contributed by atoms with van der Waals surface area (Å²) >= 11 is 12.4. The lowest BCUT2D eigenvalue weighted by Gasteiger charge is -2.32. The number of hydrogen-bond donors (Lipinski definition) is 1. The monoisotopic (exact) mass is 617 g/mol. The first kappa shape index (κ1) is 32.4. The van der Waals surface area contributed by atoms with E-state index in [-0.39, 0.29) is 43.7 Å². The molecule has 1 N–H and O–H groups in total. The number of amides is 2. The summed E-state index contributed by atoms with van der Waals surface area (Å²) in [7, 11) is -3.56. The van der Waals surface area contributed by atoms with E-state index in [9.17, 15) is 18.0 Å². The van der Waals surface area contributed by atoms with Gasteiger partial charge in [-0.05, 0) is 47.7 Å². The molecule has 0 saturated heterocycles. The summed E-state index contributed by atoms with van der Waals surface area (Å²) in [4.78, 5) is 29.0. The van der Waals surface area contributed by atoms with Crippen LogP contribution in [0.3, 0.4) is 0 Å². The van der Waals surface area contributed by atoms with Gasteiger partial charge >= 0.3 is 0 Å². The lowest BCUT2D eigenvalue weighted by molar-refractivity contribution is -0.141. The highest BCUT2D eigenvalue weighted by atomic mass is 35.5. The molecule has 0 spiro atoms. The van der Waals surface area contributed by atoms with E-state index in [0.29, 0.717) is 28.7 Å². The normalized spacial score (nSPS) is 12.1. The van der Waals surface area contributed by atoms with Gasteiger partial charge in [-0.3, -0.25) is 13.9 Å². The fraction of sp³-hybridized carbons (Fsp3) is 0.355. The van der Waals surface area contributed by atoms with Crippen molar-refractivity contribution in [2.45, 2.75) is 45.7 Å². The highest BCUT2D eigenvalue weighted by Crippen LogP contribution is 2.25. The maximum Gasteiger partial charge on any atom is 0.243 e. The fourth-order valence-corrected chi connectivity index (χ4v) is 5.70. The Labute approximate surface area is 253 Å². The summed E-state index contributed by atoms with van der Waals surface area (Å²) in [6, 6.07) is 22.7. The molecule has 0 aromatic heterocycles. The molecule has 10 heteroatoms. The summed E-state index contributed by atoms with van der Waals surface area (Å²) in [5, 5.41) is 3.74. The standard InChI is InChI=1S/C31H37Cl2N3O4S/c1-23(2)21-34-31(38)29(20-24-11-6-4-7-12-24)35(22-25-16-17-27(32)28(33)19-25)30(37)15-10-18-36(41(3,39)40)26-13-8-5-9-14-26/h4-9,11-14,16-17,19,23,29H,10,15,18,20-22H2,1-3H3,(H,34,38)/t29-/m1/s1. The van der Waals surface area contributed by atoms with Crippen molar-refractivity contribution in [2.24, 2.45) is 5.92 Å². The maximum atomic E-state index is 13.9. The number of carbonyl (C=O) groups excluding carboxylic acids is 2. The van der Waals surface area contributed by atoms with E-state index < -0.39 is 16.1 Å². The summed E-state index contributed by atoms with van der Waals surface area (Å²) in [6.07, 6.45) is 1.78. The van der Waals surface area contributed by atoms with Crippen LogP contribution in [0.15, 0.2) is 78.9 Å². The van der Waals surface area contributed by atoms with E-state index in [0.717, 1.165) is 17.4 Å². The number of hydrogen-bond acceptors (Lipinski definition) is 4. The first-order valence-corrected chi connectivity index (χ1v) is 16.1. The molecule has 0 bridgehead atoms. The fourth-order valence-electron chi connectivity index (χ4n) is 4.41.